The third-order valence-corrected chi connectivity index (χ3v) is 4.80. The van der Waals surface area contributed by atoms with Gasteiger partial charge in [-0.25, -0.2) is 23.6 Å². The minimum atomic E-state index is -1.01. The van der Waals surface area contributed by atoms with Gasteiger partial charge in [-0.3, -0.25) is 9.78 Å². The lowest BCUT2D eigenvalue weighted by molar-refractivity contribution is 0.289. The van der Waals surface area contributed by atoms with Crippen molar-refractivity contribution in [3.8, 4) is 23.1 Å². The largest absolute Gasteiger partial charge is 0.486 e. The van der Waals surface area contributed by atoms with Gasteiger partial charge in [0.25, 0.3) is 5.56 Å². The Morgan fingerprint density at radius 3 is 2.54 bits per heavy atom. The first-order valence-corrected chi connectivity index (χ1v) is 10.2. The average Bonchev–Trinajstić information content (AvgIpc) is 2.86. The number of H-pyrrole nitrogens is 1. The summed E-state index contributed by atoms with van der Waals surface area (Å²) in [5, 5.41) is 13.3. The van der Waals surface area contributed by atoms with Gasteiger partial charge in [-0.2, -0.15) is 10.4 Å². The molecule has 10 heteroatoms. The Balaban J connectivity index is 1.45. The Hall–Kier alpha value is -4.91. The number of hydrogen-bond donors (Lipinski definition) is 2. The van der Waals surface area contributed by atoms with E-state index in [-0.39, 0.29) is 29.6 Å². The van der Waals surface area contributed by atoms with Gasteiger partial charge in [-0.1, -0.05) is 36.4 Å². The molecule has 7 nitrogen and oxygen atoms in total. The number of rotatable bonds is 7. The highest BCUT2D eigenvalue weighted by Gasteiger charge is 2.13. The molecule has 0 spiro atoms. The van der Waals surface area contributed by atoms with Crippen molar-refractivity contribution in [3.63, 3.8) is 0 Å². The second-order valence-corrected chi connectivity index (χ2v) is 7.21. The monoisotopic (exact) mass is 475 g/mol. The van der Waals surface area contributed by atoms with Crippen LogP contribution < -0.4 is 15.7 Å². The Labute approximate surface area is 197 Å². The fourth-order valence-corrected chi connectivity index (χ4v) is 3.11. The van der Waals surface area contributed by atoms with Crippen molar-refractivity contribution in [3.05, 3.63) is 111 Å². The second-order valence-electron chi connectivity index (χ2n) is 7.21. The molecular weight excluding hydrogens is 459 g/mol. The third-order valence-electron chi connectivity index (χ3n) is 4.80. The maximum atomic E-state index is 14.4. The van der Waals surface area contributed by atoms with Crippen LogP contribution in [-0.4, -0.2) is 16.2 Å². The first kappa shape index (κ1) is 23.3. The average molecular weight is 475 g/mol. The van der Waals surface area contributed by atoms with E-state index in [9.17, 15) is 23.2 Å². The van der Waals surface area contributed by atoms with Crippen LogP contribution in [0.4, 0.5) is 19.1 Å². The highest BCUT2D eigenvalue weighted by Crippen LogP contribution is 2.21. The van der Waals surface area contributed by atoms with E-state index in [2.05, 4.69) is 20.5 Å². The molecule has 0 unspecified atom stereocenters. The summed E-state index contributed by atoms with van der Waals surface area (Å²) in [5.74, 6) is -2.76. The fraction of sp³-hybridized carbons (Fsp3) is 0.0400. The van der Waals surface area contributed by atoms with Gasteiger partial charge in [0.1, 0.15) is 18.2 Å². The van der Waals surface area contributed by atoms with Crippen LogP contribution in [-0.2, 0) is 6.61 Å². The van der Waals surface area contributed by atoms with Crippen LogP contribution >= 0.6 is 0 Å². The molecule has 0 amide bonds. The minimum Gasteiger partial charge on any atom is -0.486 e. The zero-order valence-electron chi connectivity index (χ0n) is 17.9. The molecule has 0 saturated carbocycles. The molecule has 0 bridgehead atoms. The summed E-state index contributed by atoms with van der Waals surface area (Å²) in [6.45, 7) is -0.148. The number of hydrogen-bond acceptors (Lipinski definition) is 6. The number of aromatic nitrogens is 2. The lowest BCUT2D eigenvalue weighted by atomic mass is 10.1. The van der Waals surface area contributed by atoms with Crippen molar-refractivity contribution in [2.75, 3.05) is 5.43 Å². The second kappa shape index (κ2) is 10.4. The topological polar surface area (TPSA) is 103 Å². The van der Waals surface area contributed by atoms with Crippen LogP contribution in [0.15, 0.2) is 76.6 Å². The van der Waals surface area contributed by atoms with Gasteiger partial charge in [0.15, 0.2) is 23.2 Å². The molecule has 0 saturated heterocycles. The molecule has 2 N–H and O–H groups in total. The zero-order chi connectivity index (χ0) is 24.8. The number of nitriles is 1. The number of halogens is 3. The van der Waals surface area contributed by atoms with Gasteiger partial charge in [0, 0.05) is 5.56 Å². The van der Waals surface area contributed by atoms with Gasteiger partial charge < -0.3 is 4.74 Å². The van der Waals surface area contributed by atoms with Crippen molar-refractivity contribution in [2.45, 2.75) is 6.61 Å². The van der Waals surface area contributed by atoms with Gasteiger partial charge in [-0.05, 0) is 41.5 Å². The van der Waals surface area contributed by atoms with Crippen LogP contribution in [0, 0.1) is 28.8 Å². The first-order chi connectivity index (χ1) is 16.9. The maximum Gasteiger partial charge on any atom is 0.270 e. The predicted molar refractivity (Wildman–Crippen MR) is 123 cm³/mol. The van der Waals surface area contributed by atoms with Gasteiger partial charge >= 0.3 is 0 Å². The molecule has 4 rings (SSSR count). The zero-order valence-corrected chi connectivity index (χ0v) is 17.9. The fourth-order valence-electron chi connectivity index (χ4n) is 3.11. The molecule has 174 valence electrons. The van der Waals surface area contributed by atoms with Crippen LogP contribution in [0.25, 0.3) is 11.3 Å². The van der Waals surface area contributed by atoms with E-state index in [4.69, 9.17) is 4.74 Å². The number of ether oxygens (including phenoxy) is 1. The van der Waals surface area contributed by atoms with Crippen molar-refractivity contribution in [2.24, 2.45) is 5.10 Å². The van der Waals surface area contributed by atoms with Crippen molar-refractivity contribution < 1.29 is 17.9 Å². The number of anilines is 1. The summed E-state index contributed by atoms with van der Waals surface area (Å²) >= 11 is 0. The van der Waals surface area contributed by atoms with Gasteiger partial charge in [0.2, 0.25) is 5.95 Å². The first-order valence-electron chi connectivity index (χ1n) is 10.2. The normalized spacial score (nSPS) is 10.8. The number of hydrazone groups is 1. The molecule has 0 aliphatic carbocycles. The quantitative estimate of drug-likeness (QED) is 0.297. The van der Waals surface area contributed by atoms with Crippen LogP contribution in [0.2, 0.25) is 0 Å². The minimum absolute atomic E-state index is 0.00365. The molecule has 0 atom stereocenters. The number of nitrogens with one attached hydrogen (secondary N) is 2. The Kier molecular flexibility index (Phi) is 6.88. The molecule has 0 fully saturated rings. The van der Waals surface area contributed by atoms with Crippen LogP contribution in [0.5, 0.6) is 5.75 Å². The Morgan fingerprint density at radius 1 is 1.03 bits per heavy atom. The van der Waals surface area contributed by atoms with Gasteiger partial charge in [-0.15, -0.1) is 0 Å². The smallest absolute Gasteiger partial charge is 0.270 e. The molecule has 1 aromatic heterocycles. The number of aromatic amines is 1. The predicted octanol–water partition coefficient (Wildman–Crippen LogP) is 4.75. The summed E-state index contributed by atoms with van der Waals surface area (Å²) < 4.78 is 46.0. The number of benzene rings is 3. The highest BCUT2D eigenvalue weighted by atomic mass is 19.2. The van der Waals surface area contributed by atoms with Crippen molar-refractivity contribution in [1.29, 1.82) is 5.26 Å². The SMILES string of the molecule is N#Cc1c(-c2ccccc2)nc(NN=Cc2ccc(OCc3ccc(F)c(F)c3)c(F)c2)[nH]c1=O. The number of nitrogens with zero attached hydrogens (tertiary/aromatic N) is 3. The molecule has 0 aliphatic rings. The molecule has 35 heavy (non-hydrogen) atoms. The summed E-state index contributed by atoms with van der Waals surface area (Å²) in [5.41, 5.74) is 3.29. The van der Waals surface area contributed by atoms with E-state index in [0.29, 0.717) is 16.7 Å². The van der Waals surface area contributed by atoms with E-state index in [1.54, 1.807) is 30.3 Å². The van der Waals surface area contributed by atoms with Crippen LogP contribution in [0.3, 0.4) is 0 Å². The van der Waals surface area contributed by atoms with E-state index in [1.165, 1.54) is 24.4 Å². The van der Waals surface area contributed by atoms with E-state index in [0.717, 1.165) is 18.2 Å². The molecule has 4 aromatic rings. The highest BCUT2D eigenvalue weighted by molar-refractivity contribution is 5.80. The lowest BCUT2D eigenvalue weighted by Gasteiger charge is -2.08. The van der Waals surface area contributed by atoms with Gasteiger partial charge in [0.05, 0.1) is 11.9 Å². The van der Waals surface area contributed by atoms with Crippen molar-refractivity contribution >= 4 is 12.2 Å². The summed E-state index contributed by atoms with van der Waals surface area (Å²) in [6, 6.07) is 17.9. The van der Waals surface area contributed by atoms with E-state index < -0.39 is 23.0 Å². The molecule has 3 aromatic carbocycles. The van der Waals surface area contributed by atoms with Crippen molar-refractivity contribution in [1.82, 2.24) is 9.97 Å². The van der Waals surface area contributed by atoms with E-state index >= 15 is 0 Å². The molecule has 0 radical (unpaired) electrons. The molecular formula is C25H16F3N5O2. The molecule has 1 heterocycles. The van der Waals surface area contributed by atoms with E-state index in [1.807, 2.05) is 6.07 Å². The summed E-state index contributed by atoms with van der Waals surface area (Å²) in [7, 11) is 0. The summed E-state index contributed by atoms with van der Waals surface area (Å²) in [4.78, 5) is 18.9. The summed E-state index contributed by atoms with van der Waals surface area (Å²) in [6.07, 6.45) is 1.29. The standard InChI is InChI=1S/C25H16F3N5O2/c26-19-8-6-16(11-20(19)27)14-35-22-9-7-15(10-21(22)28)13-30-33-25-31-23(17-4-2-1-3-5-17)18(12-29)24(34)32-25/h1-11,13H,14H2,(H2,31,32,33,34). The molecule has 0 aliphatic heterocycles. The lowest BCUT2D eigenvalue weighted by Crippen LogP contribution is -2.16. The Bertz CT molecular complexity index is 1500. The maximum absolute atomic E-state index is 14.4. The third kappa shape index (κ3) is 5.54. The van der Waals surface area contributed by atoms with Crippen LogP contribution in [0.1, 0.15) is 16.7 Å². The Morgan fingerprint density at radius 2 is 1.83 bits per heavy atom.